The van der Waals surface area contributed by atoms with Gasteiger partial charge in [0.1, 0.15) is 28.6 Å². The first kappa shape index (κ1) is 20.2. The first-order chi connectivity index (χ1) is 15.4. The van der Waals surface area contributed by atoms with Crippen LogP contribution in [0.3, 0.4) is 0 Å². The first-order valence-corrected chi connectivity index (χ1v) is 10.5. The number of imidazole rings is 1. The monoisotopic (exact) mass is 428 g/mol. The van der Waals surface area contributed by atoms with Gasteiger partial charge in [0, 0.05) is 35.0 Å². The molecule has 0 radical (unpaired) electrons. The van der Waals surface area contributed by atoms with Crippen LogP contribution in [-0.2, 0) is 0 Å². The molecule has 4 aromatic rings. The summed E-state index contributed by atoms with van der Waals surface area (Å²) in [5, 5.41) is 10.2. The lowest BCUT2D eigenvalue weighted by Gasteiger charge is -2.40. The van der Waals surface area contributed by atoms with Crippen molar-refractivity contribution < 1.29 is 14.6 Å². The maximum atomic E-state index is 11.5. The van der Waals surface area contributed by atoms with E-state index in [-0.39, 0.29) is 5.92 Å². The van der Waals surface area contributed by atoms with Crippen LogP contribution < -0.4 is 10.5 Å². The smallest absolute Gasteiger partial charge is 0.150 e. The molecule has 1 fully saturated rings. The number of rotatable bonds is 5. The number of hydrogen-bond acceptors (Lipinski definition) is 6. The zero-order valence-corrected chi connectivity index (χ0v) is 17.9. The average molecular weight is 428 g/mol. The number of aliphatic hydroxyl groups is 1. The van der Waals surface area contributed by atoms with Crippen molar-refractivity contribution in [3.63, 3.8) is 0 Å². The Morgan fingerprint density at radius 1 is 1.22 bits per heavy atom. The van der Waals surface area contributed by atoms with Gasteiger partial charge in [0.2, 0.25) is 0 Å². The third kappa shape index (κ3) is 3.22. The van der Waals surface area contributed by atoms with Crippen molar-refractivity contribution in [2.24, 2.45) is 0 Å². The summed E-state index contributed by atoms with van der Waals surface area (Å²) < 4.78 is 7.66. The summed E-state index contributed by atoms with van der Waals surface area (Å²) in [6, 6.07) is 13.2. The Bertz CT molecular complexity index is 1330. The van der Waals surface area contributed by atoms with Gasteiger partial charge in [-0.15, -0.1) is 0 Å². The topological polar surface area (TPSA) is 103 Å². The Kier molecular flexibility index (Phi) is 4.71. The number of methoxy groups -OCH3 is 1. The highest BCUT2D eigenvalue weighted by atomic mass is 16.5. The molecule has 0 bridgehead atoms. The molecule has 1 saturated carbocycles. The molecule has 162 valence electrons. The molecule has 7 nitrogen and oxygen atoms in total. The van der Waals surface area contributed by atoms with Gasteiger partial charge in [-0.2, -0.15) is 0 Å². The van der Waals surface area contributed by atoms with Crippen molar-refractivity contribution in [3.05, 3.63) is 66.2 Å². The van der Waals surface area contributed by atoms with Gasteiger partial charge in [-0.3, -0.25) is 9.20 Å². The van der Waals surface area contributed by atoms with Crippen LogP contribution in [0.5, 0.6) is 5.75 Å². The molecule has 2 aromatic carbocycles. The number of ether oxygens (including phenoxy) is 1. The standard InChI is InChI=1S/C25H24N4O3/c1-25(31)12-17(13-25)24-28-21(22-23(26)27-9-10-29(22)24)15-7-8-19(20(11-15)32-2)18-6-4-3-5-16(18)14-30/h3-11,14,17,31H,12-13H2,1-2H3,(H2,26,27). The first-order valence-electron chi connectivity index (χ1n) is 10.5. The Labute approximate surface area is 185 Å². The van der Waals surface area contributed by atoms with Crippen LogP contribution in [0.2, 0.25) is 0 Å². The van der Waals surface area contributed by atoms with Gasteiger partial charge in [-0.05, 0) is 37.5 Å². The van der Waals surface area contributed by atoms with E-state index in [9.17, 15) is 9.90 Å². The number of hydrogen-bond donors (Lipinski definition) is 2. The quantitative estimate of drug-likeness (QED) is 0.464. The normalized spacial score (nSPS) is 20.2. The van der Waals surface area contributed by atoms with E-state index in [0.717, 1.165) is 34.3 Å². The molecular formula is C25H24N4O3. The number of fused-ring (bicyclic) bond motifs is 1. The predicted molar refractivity (Wildman–Crippen MR) is 123 cm³/mol. The summed E-state index contributed by atoms with van der Waals surface area (Å²) >= 11 is 0. The van der Waals surface area contributed by atoms with Crippen LogP contribution in [0, 0.1) is 0 Å². The lowest BCUT2D eigenvalue weighted by Crippen LogP contribution is -2.40. The highest BCUT2D eigenvalue weighted by molar-refractivity contribution is 5.91. The number of nitrogens with zero attached hydrogens (tertiary/aromatic N) is 3. The number of nitrogen functional groups attached to an aromatic ring is 1. The fourth-order valence-electron chi connectivity index (χ4n) is 4.67. The maximum absolute atomic E-state index is 11.5. The van der Waals surface area contributed by atoms with Gasteiger partial charge >= 0.3 is 0 Å². The van der Waals surface area contributed by atoms with E-state index in [2.05, 4.69) is 4.98 Å². The molecule has 2 heterocycles. The van der Waals surface area contributed by atoms with Gasteiger partial charge < -0.3 is 15.6 Å². The largest absolute Gasteiger partial charge is 0.496 e. The number of anilines is 1. The summed E-state index contributed by atoms with van der Waals surface area (Å²) in [6.07, 6.45) is 5.67. The van der Waals surface area contributed by atoms with Gasteiger partial charge in [0.05, 0.1) is 12.7 Å². The van der Waals surface area contributed by atoms with E-state index in [1.165, 1.54) is 0 Å². The van der Waals surface area contributed by atoms with Crippen molar-refractivity contribution in [2.45, 2.75) is 31.3 Å². The summed E-state index contributed by atoms with van der Waals surface area (Å²) in [5.74, 6) is 2.04. The molecule has 3 N–H and O–H groups in total. The van der Waals surface area contributed by atoms with E-state index < -0.39 is 5.60 Å². The van der Waals surface area contributed by atoms with Crippen molar-refractivity contribution in [1.82, 2.24) is 14.4 Å². The van der Waals surface area contributed by atoms with Crippen molar-refractivity contribution in [2.75, 3.05) is 12.8 Å². The van der Waals surface area contributed by atoms with Crippen LogP contribution >= 0.6 is 0 Å². The minimum atomic E-state index is -0.661. The number of aldehydes is 1. The minimum Gasteiger partial charge on any atom is -0.496 e. The lowest BCUT2D eigenvalue weighted by molar-refractivity contribution is -0.0335. The summed E-state index contributed by atoms with van der Waals surface area (Å²) in [7, 11) is 1.61. The van der Waals surface area contributed by atoms with E-state index in [1.54, 1.807) is 19.4 Å². The summed E-state index contributed by atoms with van der Waals surface area (Å²) in [4.78, 5) is 20.7. The molecule has 32 heavy (non-hydrogen) atoms. The molecule has 5 rings (SSSR count). The second-order valence-corrected chi connectivity index (χ2v) is 8.57. The molecule has 7 heteroatoms. The second-order valence-electron chi connectivity index (χ2n) is 8.57. The number of aromatic nitrogens is 3. The Balaban J connectivity index is 1.65. The van der Waals surface area contributed by atoms with E-state index in [4.69, 9.17) is 15.5 Å². The number of nitrogens with two attached hydrogens (primary N) is 1. The zero-order valence-electron chi connectivity index (χ0n) is 17.9. The third-order valence-electron chi connectivity index (χ3n) is 6.20. The van der Waals surface area contributed by atoms with E-state index in [0.29, 0.717) is 35.7 Å². The molecule has 2 aromatic heterocycles. The van der Waals surface area contributed by atoms with Crippen LogP contribution in [0.25, 0.3) is 27.9 Å². The zero-order chi connectivity index (χ0) is 22.5. The highest BCUT2D eigenvalue weighted by Crippen LogP contribution is 2.45. The molecule has 1 aliphatic carbocycles. The van der Waals surface area contributed by atoms with Crippen molar-refractivity contribution in [1.29, 1.82) is 0 Å². The van der Waals surface area contributed by atoms with Crippen molar-refractivity contribution >= 4 is 17.6 Å². The molecular weight excluding hydrogens is 404 g/mol. The predicted octanol–water partition coefficient (Wildman–Crippen LogP) is 4.10. The van der Waals surface area contributed by atoms with Crippen molar-refractivity contribution in [3.8, 4) is 28.1 Å². The van der Waals surface area contributed by atoms with Crippen LogP contribution in [-0.4, -0.2) is 38.5 Å². The van der Waals surface area contributed by atoms with Gasteiger partial charge in [0.15, 0.2) is 6.29 Å². The SMILES string of the molecule is COc1cc(-c2nc(C3CC(C)(O)C3)n3ccnc(N)c23)ccc1-c1ccccc1C=O. The van der Waals surface area contributed by atoms with Gasteiger partial charge in [0.25, 0.3) is 0 Å². The molecule has 0 saturated heterocycles. The fraction of sp³-hybridized carbons (Fsp3) is 0.240. The van der Waals surface area contributed by atoms with Crippen LogP contribution in [0.1, 0.15) is 41.9 Å². The molecule has 0 spiro atoms. The fourth-order valence-corrected chi connectivity index (χ4v) is 4.67. The molecule has 0 amide bonds. The van der Waals surface area contributed by atoms with Gasteiger partial charge in [-0.1, -0.05) is 30.3 Å². The van der Waals surface area contributed by atoms with Gasteiger partial charge in [-0.25, -0.2) is 9.97 Å². The lowest BCUT2D eigenvalue weighted by atomic mass is 9.72. The molecule has 0 unspecified atom stereocenters. The number of carbonyl (C=O) groups excluding carboxylic acids is 1. The van der Waals surface area contributed by atoms with E-state index in [1.807, 2.05) is 53.9 Å². The Morgan fingerprint density at radius 2 is 2.00 bits per heavy atom. The summed E-state index contributed by atoms with van der Waals surface area (Å²) in [5.41, 5.74) is 10.1. The average Bonchev–Trinajstić information content (AvgIpc) is 3.17. The number of benzene rings is 2. The van der Waals surface area contributed by atoms with Crippen LogP contribution in [0.15, 0.2) is 54.9 Å². The molecule has 1 aliphatic rings. The summed E-state index contributed by atoms with van der Waals surface area (Å²) in [6.45, 7) is 1.84. The highest BCUT2D eigenvalue weighted by Gasteiger charge is 2.41. The third-order valence-corrected chi connectivity index (χ3v) is 6.20. The maximum Gasteiger partial charge on any atom is 0.150 e. The minimum absolute atomic E-state index is 0.147. The van der Waals surface area contributed by atoms with E-state index >= 15 is 0 Å². The Hall–Kier alpha value is -3.71. The molecule has 0 aliphatic heterocycles. The Morgan fingerprint density at radius 3 is 2.72 bits per heavy atom. The second kappa shape index (κ2) is 7.46. The molecule has 0 atom stereocenters. The number of carbonyl (C=O) groups is 1. The van der Waals surface area contributed by atoms with Crippen LogP contribution in [0.4, 0.5) is 5.82 Å².